The molecular formula is C14H20N6. The normalized spacial score (nSPS) is 22.9. The van der Waals surface area contributed by atoms with Crippen molar-refractivity contribution >= 4 is 11.4 Å². The molecule has 4 N–H and O–H groups in total. The molecule has 0 radical (unpaired) electrons. The van der Waals surface area contributed by atoms with Gasteiger partial charge in [-0.3, -0.25) is 0 Å². The number of anilines is 2. The Kier molecular flexibility index (Phi) is 3.30. The third kappa shape index (κ3) is 2.33. The van der Waals surface area contributed by atoms with Gasteiger partial charge in [-0.05, 0) is 47.4 Å². The number of nitrogen functional groups attached to an aromatic ring is 2. The minimum Gasteiger partial charge on any atom is -0.399 e. The summed E-state index contributed by atoms with van der Waals surface area (Å²) in [6, 6.07) is 5.83. The number of nitrogens with zero attached hydrogens (tertiary/aromatic N) is 4. The molecular weight excluding hydrogens is 252 g/mol. The maximum Gasteiger partial charge on any atom is 0.184 e. The molecule has 6 heteroatoms. The van der Waals surface area contributed by atoms with E-state index < -0.39 is 0 Å². The second-order valence-electron chi connectivity index (χ2n) is 5.72. The molecule has 20 heavy (non-hydrogen) atoms. The predicted molar refractivity (Wildman–Crippen MR) is 78.7 cm³/mol. The maximum absolute atomic E-state index is 6.05. The Balaban J connectivity index is 1.97. The molecule has 0 spiro atoms. The number of tetrazole rings is 1. The number of hydrogen-bond donors (Lipinski definition) is 2. The van der Waals surface area contributed by atoms with Crippen LogP contribution in [0.15, 0.2) is 18.2 Å². The van der Waals surface area contributed by atoms with E-state index in [0.717, 1.165) is 30.1 Å². The van der Waals surface area contributed by atoms with Gasteiger partial charge in [-0.15, -0.1) is 5.10 Å². The molecule has 1 aromatic heterocycles. The topological polar surface area (TPSA) is 95.6 Å². The van der Waals surface area contributed by atoms with Crippen molar-refractivity contribution in [3.05, 3.63) is 18.2 Å². The summed E-state index contributed by atoms with van der Waals surface area (Å²) in [5, 5.41) is 12.2. The van der Waals surface area contributed by atoms with Crippen LogP contribution in [0.4, 0.5) is 11.4 Å². The second kappa shape index (κ2) is 5.11. The fourth-order valence-corrected chi connectivity index (χ4v) is 3.03. The van der Waals surface area contributed by atoms with Crippen molar-refractivity contribution in [2.45, 2.75) is 38.6 Å². The van der Waals surface area contributed by atoms with Gasteiger partial charge in [-0.1, -0.05) is 19.8 Å². The lowest BCUT2D eigenvalue weighted by Gasteiger charge is -2.27. The van der Waals surface area contributed by atoms with Crippen LogP contribution in [0, 0.1) is 5.92 Å². The first-order valence-electron chi connectivity index (χ1n) is 7.08. The highest BCUT2D eigenvalue weighted by atomic mass is 15.5. The molecule has 1 aliphatic carbocycles. The summed E-state index contributed by atoms with van der Waals surface area (Å²) in [6.45, 7) is 2.29. The monoisotopic (exact) mass is 272 g/mol. The highest BCUT2D eigenvalue weighted by Crippen LogP contribution is 2.35. The minimum absolute atomic E-state index is 0.362. The molecule has 1 aromatic carbocycles. The fourth-order valence-electron chi connectivity index (χ4n) is 3.03. The fraction of sp³-hybridized carbons (Fsp3) is 0.500. The van der Waals surface area contributed by atoms with Gasteiger partial charge in [0.1, 0.15) is 0 Å². The summed E-state index contributed by atoms with van der Waals surface area (Å²) in [4.78, 5) is 0. The van der Waals surface area contributed by atoms with E-state index in [1.54, 1.807) is 6.07 Å². The van der Waals surface area contributed by atoms with Crippen molar-refractivity contribution in [2.75, 3.05) is 11.5 Å². The standard InChI is InChI=1S/C14H20N6/c1-9-3-2-4-11(7-9)20-14(17-18-19-20)12-6-5-10(15)8-13(12)16/h5-6,8-9,11H,2-4,7,15-16H2,1H3. The van der Waals surface area contributed by atoms with Crippen molar-refractivity contribution in [3.63, 3.8) is 0 Å². The average Bonchev–Trinajstić information content (AvgIpc) is 2.87. The van der Waals surface area contributed by atoms with Crippen LogP contribution in [0.1, 0.15) is 38.6 Å². The van der Waals surface area contributed by atoms with Crippen molar-refractivity contribution in [1.29, 1.82) is 0 Å². The van der Waals surface area contributed by atoms with Crippen LogP contribution in [0.5, 0.6) is 0 Å². The van der Waals surface area contributed by atoms with E-state index in [9.17, 15) is 0 Å². The molecule has 1 aliphatic rings. The molecule has 106 valence electrons. The molecule has 0 saturated heterocycles. The first-order valence-corrected chi connectivity index (χ1v) is 7.08. The van der Waals surface area contributed by atoms with Crippen LogP contribution in [-0.2, 0) is 0 Å². The Hall–Kier alpha value is -2.11. The SMILES string of the molecule is CC1CCCC(n2nnnc2-c2ccc(N)cc2N)C1. The van der Waals surface area contributed by atoms with Crippen LogP contribution in [0.25, 0.3) is 11.4 Å². The van der Waals surface area contributed by atoms with Crippen molar-refractivity contribution in [2.24, 2.45) is 5.92 Å². The van der Waals surface area contributed by atoms with Gasteiger partial charge in [-0.25, -0.2) is 4.68 Å². The van der Waals surface area contributed by atoms with E-state index in [4.69, 9.17) is 11.5 Å². The molecule has 1 heterocycles. The molecule has 2 aromatic rings. The van der Waals surface area contributed by atoms with Crippen molar-refractivity contribution in [3.8, 4) is 11.4 Å². The molecule has 1 fully saturated rings. The third-order valence-corrected chi connectivity index (χ3v) is 4.06. The summed E-state index contributed by atoms with van der Waals surface area (Å²) < 4.78 is 1.93. The van der Waals surface area contributed by atoms with Crippen LogP contribution in [0.2, 0.25) is 0 Å². The van der Waals surface area contributed by atoms with E-state index >= 15 is 0 Å². The summed E-state index contributed by atoms with van der Waals surface area (Å²) >= 11 is 0. The van der Waals surface area contributed by atoms with Gasteiger partial charge < -0.3 is 11.5 Å². The highest BCUT2D eigenvalue weighted by molar-refractivity contribution is 5.74. The Morgan fingerprint density at radius 2 is 2.10 bits per heavy atom. The lowest BCUT2D eigenvalue weighted by Crippen LogP contribution is -2.19. The van der Waals surface area contributed by atoms with E-state index in [1.165, 1.54) is 12.8 Å². The summed E-state index contributed by atoms with van der Waals surface area (Å²) in [6.07, 6.45) is 4.75. The summed E-state index contributed by atoms with van der Waals surface area (Å²) in [7, 11) is 0. The van der Waals surface area contributed by atoms with E-state index in [1.807, 2.05) is 16.8 Å². The zero-order chi connectivity index (χ0) is 14.1. The lowest BCUT2D eigenvalue weighted by atomic mass is 9.87. The first kappa shape index (κ1) is 12.9. The Morgan fingerprint density at radius 3 is 2.85 bits per heavy atom. The van der Waals surface area contributed by atoms with Gasteiger partial charge in [0.05, 0.1) is 6.04 Å². The molecule has 0 amide bonds. The van der Waals surface area contributed by atoms with E-state index in [2.05, 4.69) is 22.4 Å². The Morgan fingerprint density at radius 1 is 1.25 bits per heavy atom. The van der Waals surface area contributed by atoms with Gasteiger partial charge in [0.2, 0.25) is 0 Å². The molecule has 0 aliphatic heterocycles. The number of rotatable bonds is 2. The van der Waals surface area contributed by atoms with E-state index in [-0.39, 0.29) is 0 Å². The van der Waals surface area contributed by atoms with Gasteiger partial charge in [0.15, 0.2) is 5.82 Å². The van der Waals surface area contributed by atoms with Crippen molar-refractivity contribution in [1.82, 2.24) is 20.2 Å². The summed E-state index contributed by atoms with van der Waals surface area (Å²) in [5.41, 5.74) is 13.9. The Bertz CT molecular complexity index is 605. The summed E-state index contributed by atoms with van der Waals surface area (Å²) in [5.74, 6) is 1.45. The average molecular weight is 272 g/mol. The zero-order valence-corrected chi connectivity index (χ0v) is 11.7. The molecule has 2 unspecified atom stereocenters. The van der Waals surface area contributed by atoms with Gasteiger partial charge in [0.25, 0.3) is 0 Å². The number of hydrogen-bond acceptors (Lipinski definition) is 5. The van der Waals surface area contributed by atoms with Crippen LogP contribution < -0.4 is 11.5 Å². The molecule has 1 saturated carbocycles. The van der Waals surface area contributed by atoms with Gasteiger partial charge in [-0.2, -0.15) is 0 Å². The molecule has 3 rings (SSSR count). The minimum atomic E-state index is 0.362. The van der Waals surface area contributed by atoms with Gasteiger partial charge >= 0.3 is 0 Å². The second-order valence-corrected chi connectivity index (χ2v) is 5.72. The quantitative estimate of drug-likeness (QED) is 0.817. The number of nitrogens with two attached hydrogens (primary N) is 2. The molecule has 6 nitrogen and oxygen atoms in total. The van der Waals surface area contributed by atoms with E-state index in [0.29, 0.717) is 17.4 Å². The highest BCUT2D eigenvalue weighted by Gasteiger charge is 2.24. The van der Waals surface area contributed by atoms with Crippen LogP contribution in [0.3, 0.4) is 0 Å². The predicted octanol–water partition coefficient (Wildman–Crippen LogP) is 2.26. The van der Waals surface area contributed by atoms with Crippen LogP contribution >= 0.6 is 0 Å². The van der Waals surface area contributed by atoms with Gasteiger partial charge in [0, 0.05) is 16.9 Å². The van der Waals surface area contributed by atoms with Crippen LogP contribution in [-0.4, -0.2) is 20.2 Å². The maximum atomic E-state index is 6.05. The molecule has 0 bridgehead atoms. The number of benzene rings is 1. The van der Waals surface area contributed by atoms with Crippen molar-refractivity contribution < 1.29 is 0 Å². The third-order valence-electron chi connectivity index (χ3n) is 4.06. The zero-order valence-electron chi connectivity index (χ0n) is 11.7. The lowest BCUT2D eigenvalue weighted by molar-refractivity contribution is 0.265. The smallest absolute Gasteiger partial charge is 0.184 e. The largest absolute Gasteiger partial charge is 0.399 e. The first-order chi connectivity index (χ1) is 9.65. The Labute approximate surface area is 118 Å². The number of aromatic nitrogens is 4. The molecule has 2 atom stereocenters.